The molecule has 0 aliphatic carbocycles. The van der Waals surface area contributed by atoms with Gasteiger partial charge >= 0.3 is 5.97 Å². The van der Waals surface area contributed by atoms with Crippen LogP contribution in [0, 0.1) is 0 Å². The molecule has 1 aromatic heterocycles. The summed E-state index contributed by atoms with van der Waals surface area (Å²) in [6.45, 7) is 5.94. The van der Waals surface area contributed by atoms with Crippen LogP contribution < -0.4 is 9.47 Å². The summed E-state index contributed by atoms with van der Waals surface area (Å²) in [5, 5.41) is 0.943. The van der Waals surface area contributed by atoms with E-state index in [1.807, 2.05) is 25.1 Å². The van der Waals surface area contributed by atoms with Gasteiger partial charge in [-0.25, -0.2) is 4.79 Å². The molecule has 5 rings (SSSR count). The molecule has 2 aromatic carbocycles. The first-order chi connectivity index (χ1) is 15.1. The molecule has 6 heteroatoms. The second-order valence-corrected chi connectivity index (χ2v) is 8.17. The highest BCUT2D eigenvalue weighted by atomic mass is 16.5. The number of ether oxygens (including phenoxy) is 3. The number of hydrogen-bond donors (Lipinski definition) is 1. The summed E-state index contributed by atoms with van der Waals surface area (Å²) in [4.78, 5) is 18.7. The molecule has 0 spiro atoms. The smallest absolute Gasteiger partial charge is 0.340 e. The minimum absolute atomic E-state index is 0.125. The van der Waals surface area contributed by atoms with E-state index in [9.17, 15) is 4.79 Å². The number of carbonyl (C=O) groups excluding carboxylic acids is 1. The van der Waals surface area contributed by atoms with E-state index in [4.69, 9.17) is 14.2 Å². The van der Waals surface area contributed by atoms with Crippen LogP contribution in [-0.2, 0) is 24.1 Å². The lowest BCUT2D eigenvalue weighted by Gasteiger charge is -2.41. The molecule has 3 aromatic rings. The predicted molar refractivity (Wildman–Crippen MR) is 119 cm³/mol. The van der Waals surface area contributed by atoms with E-state index in [2.05, 4.69) is 28.9 Å². The lowest BCUT2D eigenvalue weighted by atomic mass is 9.94. The van der Waals surface area contributed by atoms with Crippen LogP contribution >= 0.6 is 0 Å². The Kier molecular flexibility index (Phi) is 5.10. The van der Waals surface area contributed by atoms with Gasteiger partial charge in [0, 0.05) is 40.8 Å². The molecular weight excluding hydrogens is 392 g/mol. The summed E-state index contributed by atoms with van der Waals surface area (Å²) >= 11 is 0. The molecule has 0 radical (unpaired) electrons. The fraction of sp³-hybridized carbons (Fsp3) is 0.400. The van der Waals surface area contributed by atoms with Crippen LogP contribution in [0.2, 0.25) is 0 Å². The summed E-state index contributed by atoms with van der Waals surface area (Å²) in [7, 11) is 1.69. The number of H-pyrrole nitrogens is 1. The number of methoxy groups -OCH3 is 1. The number of hydrogen-bond acceptors (Lipinski definition) is 5. The third kappa shape index (κ3) is 3.26. The number of benzene rings is 2. The molecule has 1 N–H and O–H groups in total. The average molecular weight is 421 g/mol. The molecule has 162 valence electrons. The van der Waals surface area contributed by atoms with Gasteiger partial charge in [-0.15, -0.1) is 0 Å². The normalized spacial score (nSPS) is 17.5. The molecule has 6 nitrogen and oxygen atoms in total. The zero-order chi connectivity index (χ0) is 21.5. The van der Waals surface area contributed by atoms with E-state index >= 15 is 0 Å². The second kappa shape index (κ2) is 7.93. The van der Waals surface area contributed by atoms with Crippen molar-refractivity contribution in [3.05, 3.63) is 58.3 Å². The summed E-state index contributed by atoms with van der Waals surface area (Å²) in [5.74, 6) is 1.45. The van der Waals surface area contributed by atoms with Gasteiger partial charge in [0.2, 0.25) is 0 Å². The first kappa shape index (κ1) is 19.9. The fourth-order valence-corrected chi connectivity index (χ4v) is 4.90. The van der Waals surface area contributed by atoms with Gasteiger partial charge in [0.15, 0.2) is 6.23 Å². The molecule has 0 fully saturated rings. The van der Waals surface area contributed by atoms with Crippen molar-refractivity contribution in [1.29, 1.82) is 0 Å². The summed E-state index contributed by atoms with van der Waals surface area (Å²) in [6.07, 6.45) is 2.57. The van der Waals surface area contributed by atoms with Gasteiger partial charge in [-0.2, -0.15) is 0 Å². The third-order valence-corrected chi connectivity index (χ3v) is 6.30. The Morgan fingerprint density at radius 1 is 1.26 bits per heavy atom. The van der Waals surface area contributed by atoms with Crippen LogP contribution in [-0.4, -0.2) is 36.1 Å². The van der Waals surface area contributed by atoms with Crippen LogP contribution in [0.25, 0.3) is 10.9 Å². The quantitative estimate of drug-likeness (QED) is 0.603. The van der Waals surface area contributed by atoms with E-state index in [1.54, 1.807) is 7.11 Å². The highest BCUT2D eigenvalue weighted by Crippen LogP contribution is 2.43. The number of aromatic nitrogens is 1. The lowest BCUT2D eigenvalue weighted by Crippen LogP contribution is -2.40. The molecule has 2 aliphatic heterocycles. The molecule has 0 saturated carbocycles. The van der Waals surface area contributed by atoms with Crippen molar-refractivity contribution in [2.24, 2.45) is 0 Å². The lowest BCUT2D eigenvalue weighted by molar-refractivity contribution is -0.00960. The maximum atomic E-state index is 12.9. The highest BCUT2D eigenvalue weighted by molar-refractivity contribution is 6.07. The van der Waals surface area contributed by atoms with Crippen molar-refractivity contribution in [3.8, 4) is 11.5 Å². The summed E-state index contributed by atoms with van der Waals surface area (Å²) < 4.78 is 17.3. The summed E-state index contributed by atoms with van der Waals surface area (Å²) in [5.41, 5.74) is 6.09. The van der Waals surface area contributed by atoms with Crippen molar-refractivity contribution < 1.29 is 19.0 Å². The molecule has 3 heterocycles. The minimum Gasteiger partial charge on any atom is -0.497 e. The van der Waals surface area contributed by atoms with E-state index in [-0.39, 0.29) is 12.2 Å². The van der Waals surface area contributed by atoms with E-state index in [0.717, 1.165) is 66.0 Å². The number of esters is 1. The highest BCUT2D eigenvalue weighted by Gasteiger charge is 2.36. The van der Waals surface area contributed by atoms with Crippen molar-refractivity contribution in [2.45, 2.75) is 45.9 Å². The molecule has 0 amide bonds. The largest absolute Gasteiger partial charge is 0.497 e. The molecule has 0 unspecified atom stereocenters. The predicted octanol–water partition coefficient (Wildman–Crippen LogP) is 4.76. The van der Waals surface area contributed by atoms with Crippen molar-refractivity contribution >= 4 is 16.9 Å². The summed E-state index contributed by atoms with van der Waals surface area (Å²) in [6, 6.07) is 10.2. The molecule has 2 aliphatic rings. The van der Waals surface area contributed by atoms with Crippen LogP contribution in [0.1, 0.15) is 59.2 Å². The van der Waals surface area contributed by atoms with E-state index in [0.29, 0.717) is 12.2 Å². The Bertz CT molecular complexity index is 1150. The number of rotatable bonds is 5. The van der Waals surface area contributed by atoms with Gasteiger partial charge in [-0.05, 0) is 55.7 Å². The number of nitrogens with one attached hydrogen (secondary N) is 1. The standard InChI is InChI=1S/C25H28N2O4/c1-4-6-19-23(25(28)30-5-2)22-18-14-27-12-11-15-13-16(29-3)7-8-17(15)24(27)31-21(18)10-9-20(22)26-19/h7-10,13,24,26H,4-6,11-12,14H2,1-3H3/t24-/m0/s1. The Hall–Kier alpha value is -2.99. The Balaban J connectivity index is 1.61. The maximum Gasteiger partial charge on any atom is 0.340 e. The monoisotopic (exact) mass is 420 g/mol. The van der Waals surface area contributed by atoms with Gasteiger partial charge in [-0.1, -0.05) is 13.3 Å². The van der Waals surface area contributed by atoms with Crippen LogP contribution in [0.3, 0.4) is 0 Å². The molecule has 0 saturated heterocycles. The molecule has 0 bridgehead atoms. The van der Waals surface area contributed by atoms with E-state index < -0.39 is 0 Å². The first-order valence-electron chi connectivity index (χ1n) is 11.1. The van der Waals surface area contributed by atoms with Gasteiger partial charge < -0.3 is 19.2 Å². The van der Waals surface area contributed by atoms with E-state index in [1.165, 1.54) is 11.1 Å². The van der Waals surface area contributed by atoms with Crippen LogP contribution in [0.4, 0.5) is 0 Å². The van der Waals surface area contributed by atoms with Gasteiger partial charge in [-0.3, -0.25) is 4.90 Å². The van der Waals surface area contributed by atoms with Crippen LogP contribution in [0.15, 0.2) is 30.3 Å². The Labute approximate surface area is 182 Å². The van der Waals surface area contributed by atoms with Crippen LogP contribution in [0.5, 0.6) is 11.5 Å². The zero-order valence-corrected chi connectivity index (χ0v) is 18.3. The van der Waals surface area contributed by atoms with Crippen molar-refractivity contribution in [1.82, 2.24) is 9.88 Å². The number of aromatic amines is 1. The van der Waals surface area contributed by atoms with Gasteiger partial charge in [0.25, 0.3) is 0 Å². The number of fused-ring (bicyclic) bond motifs is 6. The third-order valence-electron chi connectivity index (χ3n) is 6.30. The fourth-order valence-electron chi connectivity index (χ4n) is 4.90. The number of nitrogens with zero attached hydrogens (tertiary/aromatic N) is 1. The van der Waals surface area contributed by atoms with Crippen molar-refractivity contribution in [2.75, 3.05) is 20.3 Å². The molecule has 31 heavy (non-hydrogen) atoms. The SMILES string of the molecule is CCCc1[nH]c2ccc3c(c2c1C(=O)OCC)CN1CCc2cc(OC)ccc2[C@@H]1O3. The number of aryl methyl sites for hydroxylation is 1. The minimum atomic E-state index is -0.260. The molecule has 1 atom stereocenters. The Morgan fingerprint density at radius 3 is 2.90 bits per heavy atom. The second-order valence-electron chi connectivity index (χ2n) is 8.17. The average Bonchev–Trinajstić information content (AvgIpc) is 3.16. The van der Waals surface area contributed by atoms with Gasteiger partial charge in [0.05, 0.1) is 19.3 Å². The topological polar surface area (TPSA) is 63.8 Å². The Morgan fingerprint density at radius 2 is 2.13 bits per heavy atom. The van der Waals surface area contributed by atoms with Gasteiger partial charge in [0.1, 0.15) is 11.5 Å². The van der Waals surface area contributed by atoms with Crippen molar-refractivity contribution in [3.63, 3.8) is 0 Å². The maximum absolute atomic E-state index is 12.9. The molecular formula is C25H28N2O4. The number of carbonyl (C=O) groups is 1. The first-order valence-corrected chi connectivity index (χ1v) is 11.1. The zero-order valence-electron chi connectivity index (χ0n) is 18.3.